The molecule has 0 bridgehead atoms. The van der Waals surface area contributed by atoms with Crippen molar-refractivity contribution in [2.45, 2.75) is 26.3 Å². The zero-order valence-electron chi connectivity index (χ0n) is 12.1. The monoisotopic (exact) mass is 315 g/mol. The fraction of sp³-hybridized carbons (Fsp3) is 0.571. The van der Waals surface area contributed by atoms with Crippen LogP contribution in [0.15, 0.2) is 12.1 Å². The van der Waals surface area contributed by atoms with Crippen molar-refractivity contribution in [3.05, 3.63) is 33.1 Å². The minimum atomic E-state index is -0.777. The fourth-order valence-electron chi connectivity index (χ4n) is 2.58. The van der Waals surface area contributed by atoms with Crippen molar-refractivity contribution >= 4 is 23.0 Å². The molecule has 1 heterocycles. The maximum atomic E-state index is 13.3. The summed E-state index contributed by atoms with van der Waals surface area (Å²) in [5.41, 5.74) is -0.00925. The van der Waals surface area contributed by atoms with Gasteiger partial charge in [-0.25, -0.2) is 4.39 Å². The minimum Gasteiger partial charge on any atom is -0.379 e. The van der Waals surface area contributed by atoms with E-state index in [4.69, 9.17) is 11.6 Å². The molecule has 0 aromatic heterocycles. The van der Waals surface area contributed by atoms with Crippen LogP contribution in [0.3, 0.4) is 0 Å². The molecular formula is C14H19ClFN3O2. The van der Waals surface area contributed by atoms with Gasteiger partial charge in [0.2, 0.25) is 0 Å². The molecule has 1 N–H and O–H groups in total. The van der Waals surface area contributed by atoms with Crippen LogP contribution in [0.25, 0.3) is 0 Å². The molecule has 1 saturated heterocycles. The van der Waals surface area contributed by atoms with Crippen LogP contribution in [0, 0.1) is 21.8 Å². The molecule has 2 rings (SSSR count). The van der Waals surface area contributed by atoms with Crippen molar-refractivity contribution in [3.8, 4) is 0 Å². The fourth-order valence-corrected chi connectivity index (χ4v) is 2.75. The Morgan fingerprint density at radius 2 is 2.29 bits per heavy atom. The lowest BCUT2D eigenvalue weighted by Gasteiger charge is -2.20. The van der Waals surface area contributed by atoms with Gasteiger partial charge >= 0.3 is 0 Å². The number of hydrogen-bond acceptors (Lipinski definition) is 4. The summed E-state index contributed by atoms with van der Waals surface area (Å²) in [5.74, 6) is -0.350. The molecule has 0 aliphatic carbocycles. The van der Waals surface area contributed by atoms with E-state index in [1.807, 2.05) is 0 Å². The number of nitro groups is 1. The van der Waals surface area contributed by atoms with Crippen molar-refractivity contribution in [2.24, 2.45) is 5.92 Å². The van der Waals surface area contributed by atoms with Gasteiger partial charge < -0.3 is 10.2 Å². The van der Waals surface area contributed by atoms with E-state index in [1.54, 1.807) is 0 Å². The van der Waals surface area contributed by atoms with Crippen LogP contribution < -0.4 is 5.32 Å². The summed E-state index contributed by atoms with van der Waals surface area (Å²) in [5, 5.41) is 13.9. The Morgan fingerprint density at radius 1 is 1.57 bits per heavy atom. The largest absolute Gasteiger partial charge is 0.379 e. The van der Waals surface area contributed by atoms with Crippen LogP contribution in [0.4, 0.5) is 15.8 Å². The normalized spacial score (nSPS) is 19.2. The minimum absolute atomic E-state index is 0.113. The molecule has 116 valence electrons. The van der Waals surface area contributed by atoms with Gasteiger partial charge in [0.15, 0.2) is 0 Å². The number of nitrogens with zero attached hydrogens (tertiary/aromatic N) is 2. The van der Waals surface area contributed by atoms with Crippen LogP contribution in [-0.4, -0.2) is 35.5 Å². The Bertz CT molecular complexity index is 539. The van der Waals surface area contributed by atoms with Gasteiger partial charge in [-0.05, 0) is 38.8 Å². The highest BCUT2D eigenvalue weighted by atomic mass is 35.5. The van der Waals surface area contributed by atoms with Crippen LogP contribution in [-0.2, 0) is 0 Å². The van der Waals surface area contributed by atoms with Gasteiger partial charge in [-0.1, -0.05) is 11.6 Å². The summed E-state index contributed by atoms with van der Waals surface area (Å²) >= 11 is 5.70. The van der Waals surface area contributed by atoms with Crippen molar-refractivity contribution < 1.29 is 9.31 Å². The second kappa shape index (κ2) is 6.58. The Kier molecular flexibility index (Phi) is 5.00. The topological polar surface area (TPSA) is 58.4 Å². The van der Waals surface area contributed by atoms with Crippen LogP contribution in [0.2, 0.25) is 5.02 Å². The van der Waals surface area contributed by atoms with Crippen LogP contribution in [0.5, 0.6) is 0 Å². The van der Waals surface area contributed by atoms with Gasteiger partial charge in [0.1, 0.15) is 11.5 Å². The zero-order chi connectivity index (χ0) is 15.6. The summed E-state index contributed by atoms with van der Waals surface area (Å²) in [6, 6.07) is 2.65. The number of halogens is 2. The maximum absolute atomic E-state index is 13.3. The first-order chi connectivity index (χ1) is 9.88. The average molecular weight is 316 g/mol. The summed E-state index contributed by atoms with van der Waals surface area (Å²) in [4.78, 5) is 12.7. The summed E-state index contributed by atoms with van der Waals surface area (Å²) in [7, 11) is 0. The Balaban J connectivity index is 2.03. The van der Waals surface area contributed by atoms with Gasteiger partial charge in [-0.3, -0.25) is 10.1 Å². The van der Waals surface area contributed by atoms with Crippen molar-refractivity contribution in [1.82, 2.24) is 4.90 Å². The molecule has 1 aliphatic rings. The molecule has 0 radical (unpaired) electrons. The zero-order valence-corrected chi connectivity index (χ0v) is 12.9. The third kappa shape index (κ3) is 3.83. The van der Waals surface area contributed by atoms with Gasteiger partial charge in [0.05, 0.1) is 16.0 Å². The first-order valence-electron chi connectivity index (χ1n) is 7.00. The molecule has 21 heavy (non-hydrogen) atoms. The molecule has 0 saturated carbocycles. The summed E-state index contributed by atoms with van der Waals surface area (Å²) in [6.07, 6.45) is 1.05. The lowest BCUT2D eigenvalue weighted by molar-refractivity contribution is -0.384. The molecule has 0 amide bonds. The molecule has 1 aliphatic heterocycles. The third-order valence-corrected chi connectivity index (χ3v) is 4.15. The highest BCUT2D eigenvalue weighted by molar-refractivity contribution is 6.31. The maximum Gasteiger partial charge on any atom is 0.295 e. The summed E-state index contributed by atoms with van der Waals surface area (Å²) < 4.78 is 13.3. The smallest absolute Gasteiger partial charge is 0.295 e. The van der Waals surface area contributed by atoms with Gasteiger partial charge in [0.25, 0.3) is 5.69 Å². The first kappa shape index (κ1) is 16.0. The number of rotatable bonds is 5. The van der Waals surface area contributed by atoms with E-state index < -0.39 is 10.7 Å². The standard InChI is InChI=1S/C14H19ClFN3O2/c1-9(2)18-4-3-10(8-18)7-17-13-5-11(15)12(16)6-14(13)19(20)21/h5-6,9-10,17H,3-4,7-8H2,1-2H3. The molecule has 1 aromatic rings. The second-order valence-electron chi connectivity index (χ2n) is 5.66. The molecular weight excluding hydrogens is 297 g/mol. The van der Waals surface area contributed by atoms with Crippen molar-refractivity contribution in [3.63, 3.8) is 0 Å². The molecule has 1 aromatic carbocycles. The van der Waals surface area contributed by atoms with Gasteiger partial charge in [-0.2, -0.15) is 0 Å². The predicted molar refractivity (Wildman–Crippen MR) is 81.4 cm³/mol. The molecule has 1 atom stereocenters. The Morgan fingerprint density at radius 3 is 2.86 bits per heavy atom. The number of hydrogen-bond donors (Lipinski definition) is 1. The second-order valence-corrected chi connectivity index (χ2v) is 6.07. The quantitative estimate of drug-likeness (QED) is 0.667. The van der Waals surface area contributed by atoms with Crippen LogP contribution in [0.1, 0.15) is 20.3 Å². The third-order valence-electron chi connectivity index (χ3n) is 3.86. The predicted octanol–water partition coefficient (Wildman–Crippen LogP) is 3.53. The van der Waals surface area contributed by atoms with E-state index in [9.17, 15) is 14.5 Å². The number of nitro benzene ring substituents is 1. The number of anilines is 1. The molecule has 5 nitrogen and oxygen atoms in total. The summed E-state index contributed by atoms with van der Waals surface area (Å²) in [6.45, 7) is 6.93. The van der Waals surface area contributed by atoms with E-state index in [-0.39, 0.29) is 16.4 Å². The van der Waals surface area contributed by atoms with E-state index in [0.29, 0.717) is 18.5 Å². The van der Waals surface area contributed by atoms with E-state index in [2.05, 4.69) is 24.1 Å². The lowest BCUT2D eigenvalue weighted by atomic mass is 10.1. The SMILES string of the molecule is CC(C)N1CCC(CNc2cc(Cl)c(F)cc2[N+](=O)[O-])C1. The van der Waals surface area contributed by atoms with Gasteiger partial charge in [0, 0.05) is 19.1 Å². The average Bonchev–Trinajstić information content (AvgIpc) is 2.88. The molecule has 0 spiro atoms. The Labute approximate surface area is 128 Å². The van der Waals surface area contributed by atoms with Crippen molar-refractivity contribution in [1.29, 1.82) is 0 Å². The molecule has 7 heteroatoms. The first-order valence-corrected chi connectivity index (χ1v) is 7.37. The lowest BCUT2D eigenvalue weighted by Crippen LogP contribution is -2.29. The van der Waals surface area contributed by atoms with E-state index in [0.717, 1.165) is 25.6 Å². The highest BCUT2D eigenvalue weighted by Crippen LogP contribution is 2.31. The van der Waals surface area contributed by atoms with E-state index >= 15 is 0 Å². The van der Waals surface area contributed by atoms with Gasteiger partial charge in [-0.15, -0.1) is 0 Å². The number of nitrogens with one attached hydrogen (secondary N) is 1. The Hall–Kier alpha value is -1.40. The van der Waals surface area contributed by atoms with Crippen LogP contribution >= 0.6 is 11.6 Å². The number of likely N-dealkylation sites (tertiary alicyclic amines) is 1. The highest BCUT2D eigenvalue weighted by Gasteiger charge is 2.25. The van der Waals surface area contributed by atoms with Crippen molar-refractivity contribution in [2.75, 3.05) is 25.0 Å². The molecule has 1 unspecified atom stereocenters. The number of benzene rings is 1. The van der Waals surface area contributed by atoms with E-state index in [1.165, 1.54) is 6.07 Å². The molecule has 1 fully saturated rings.